The number of furan rings is 1. The van der Waals surface area contributed by atoms with Crippen LogP contribution in [0.4, 0.5) is 18.9 Å². The predicted octanol–water partition coefficient (Wildman–Crippen LogP) is 5.01. The molecule has 1 fully saturated rings. The van der Waals surface area contributed by atoms with Crippen molar-refractivity contribution in [2.24, 2.45) is 0 Å². The van der Waals surface area contributed by atoms with Crippen molar-refractivity contribution in [3.63, 3.8) is 0 Å². The highest BCUT2D eigenvalue weighted by molar-refractivity contribution is 6.02. The van der Waals surface area contributed by atoms with Crippen LogP contribution in [-0.4, -0.2) is 33.7 Å². The highest BCUT2D eigenvalue weighted by atomic mass is 19.4. The molecule has 2 aromatic heterocycles. The minimum absolute atomic E-state index is 0.160. The molecule has 1 aliphatic heterocycles. The molecule has 0 unspecified atom stereocenters. The van der Waals surface area contributed by atoms with Crippen molar-refractivity contribution < 1.29 is 22.4 Å². The van der Waals surface area contributed by atoms with Crippen molar-refractivity contribution in [3.05, 3.63) is 70.4 Å². The number of benzene rings is 1. The summed E-state index contributed by atoms with van der Waals surface area (Å²) in [6.45, 7) is 6.42. The van der Waals surface area contributed by atoms with Gasteiger partial charge in [0, 0.05) is 0 Å². The average molecular weight is 446 g/mol. The Morgan fingerprint density at radius 3 is 2.59 bits per heavy atom. The minimum Gasteiger partial charge on any atom is -0.455 e. The molecule has 1 amide bonds. The third kappa shape index (κ3) is 4.88. The lowest BCUT2D eigenvalue weighted by Gasteiger charge is -2.11. The van der Waals surface area contributed by atoms with Crippen LogP contribution in [0.25, 0.3) is 0 Å². The van der Waals surface area contributed by atoms with Gasteiger partial charge in [0.05, 0.1) is 35.7 Å². The Balaban J connectivity index is 1.46. The first kappa shape index (κ1) is 22.1. The zero-order chi connectivity index (χ0) is 22.9. The number of likely N-dealkylation sites (tertiary alicyclic amines) is 1. The van der Waals surface area contributed by atoms with E-state index in [0.717, 1.165) is 31.0 Å². The highest BCUT2D eigenvalue weighted by Crippen LogP contribution is 2.30. The number of carbonyl (C=O) groups excluding carboxylic acids is 1. The number of alkyl halides is 3. The number of aromatic nitrogens is 2. The highest BCUT2D eigenvalue weighted by Gasteiger charge is 2.30. The fraction of sp³-hybridized carbons (Fsp3) is 0.391. The molecule has 0 aliphatic carbocycles. The maximum Gasteiger partial charge on any atom is 0.416 e. The molecule has 6 nitrogen and oxygen atoms in total. The van der Waals surface area contributed by atoms with Crippen LogP contribution in [-0.2, 0) is 19.3 Å². The lowest BCUT2D eigenvalue weighted by Crippen LogP contribution is -2.18. The van der Waals surface area contributed by atoms with Gasteiger partial charge >= 0.3 is 6.18 Å². The standard InChI is InChI=1S/C23H25F3N4O2/c1-15-21(27-22(31)20-9-8-19(32-20)14-29-10-3-4-11-29)16(2)30(28-15)13-17-6-5-7-18(12-17)23(24,25)26/h5-9,12H,3-4,10-11,13-14H2,1-2H3,(H,27,31). The van der Waals surface area contributed by atoms with Gasteiger partial charge in [0.2, 0.25) is 0 Å². The number of nitrogens with zero attached hydrogens (tertiary/aromatic N) is 3. The maximum atomic E-state index is 13.0. The lowest BCUT2D eigenvalue weighted by atomic mass is 10.1. The van der Waals surface area contributed by atoms with Gasteiger partial charge in [-0.05, 0) is 69.6 Å². The third-order valence-electron chi connectivity index (χ3n) is 5.67. The van der Waals surface area contributed by atoms with Crippen LogP contribution in [0.2, 0.25) is 0 Å². The molecule has 3 aromatic rings. The molecule has 9 heteroatoms. The predicted molar refractivity (Wildman–Crippen MR) is 113 cm³/mol. The quantitative estimate of drug-likeness (QED) is 0.578. The van der Waals surface area contributed by atoms with E-state index in [9.17, 15) is 18.0 Å². The number of aryl methyl sites for hydroxylation is 1. The molecule has 1 aromatic carbocycles. The Bertz CT molecular complexity index is 1110. The molecular weight excluding hydrogens is 421 g/mol. The van der Waals surface area contributed by atoms with E-state index >= 15 is 0 Å². The van der Waals surface area contributed by atoms with Gasteiger partial charge in [0.25, 0.3) is 5.91 Å². The van der Waals surface area contributed by atoms with Gasteiger partial charge < -0.3 is 9.73 Å². The van der Waals surface area contributed by atoms with E-state index in [1.54, 1.807) is 30.7 Å². The van der Waals surface area contributed by atoms with Crippen LogP contribution in [0, 0.1) is 13.8 Å². The van der Waals surface area contributed by atoms with E-state index in [-0.39, 0.29) is 18.2 Å². The summed E-state index contributed by atoms with van der Waals surface area (Å²) in [5.74, 6) is 0.567. The summed E-state index contributed by atoms with van der Waals surface area (Å²) in [7, 11) is 0. The number of rotatable bonds is 6. The molecule has 0 bridgehead atoms. The summed E-state index contributed by atoms with van der Waals surface area (Å²) in [6.07, 6.45) is -2.05. The number of carbonyl (C=O) groups is 1. The topological polar surface area (TPSA) is 63.3 Å². The summed E-state index contributed by atoms with van der Waals surface area (Å²) >= 11 is 0. The first-order chi connectivity index (χ1) is 15.2. The Kier molecular flexibility index (Phi) is 6.10. The average Bonchev–Trinajstić information content (AvgIpc) is 3.47. The van der Waals surface area contributed by atoms with Crippen LogP contribution < -0.4 is 5.32 Å². The van der Waals surface area contributed by atoms with Crippen LogP contribution >= 0.6 is 0 Å². The fourth-order valence-electron chi connectivity index (χ4n) is 3.97. The largest absolute Gasteiger partial charge is 0.455 e. The molecule has 1 N–H and O–H groups in total. The summed E-state index contributed by atoms with van der Waals surface area (Å²) in [5.41, 5.74) is 1.52. The van der Waals surface area contributed by atoms with Gasteiger partial charge in [-0.1, -0.05) is 12.1 Å². The number of anilines is 1. The first-order valence-electron chi connectivity index (χ1n) is 10.5. The monoisotopic (exact) mass is 446 g/mol. The van der Waals surface area contributed by atoms with Gasteiger partial charge in [-0.3, -0.25) is 14.4 Å². The molecule has 0 atom stereocenters. The molecule has 32 heavy (non-hydrogen) atoms. The van der Waals surface area contributed by atoms with Crippen molar-refractivity contribution in [1.82, 2.24) is 14.7 Å². The number of halogens is 3. The van der Waals surface area contributed by atoms with Gasteiger partial charge in [-0.2, -0.15) is 18.3 Å². The van der Waals surface area contributed by atoms with Crippen LogP contribution in [0.5, 0.6) is 0 Å². The van der Waals surface area contributed by atoms with E-state index in [4.69, 9.17) is 4.42 Å². The van der Waals surface area contributed by atoms with E-state index in [0.29, 0.717) is 29.2 Å². The lowest BCUT2D eigenvalue weighted by molar-refractivity contribution is -0.137. The summed E-state index contributed by atoms with van der Waals surface area (Å²) in [5, 5.41) is 7.24. The third-order valence-corrected chi connectivity index (χ3v) is 5.67. The van der Waals surface area contributed by atoms with E-state index in [1.165, 1.54) is 18.9 Å². The maximum absolute atomic E-state index is 13.0. The van der Waals surface area contributed by atoms with Crippen molar-refractivity contribution >= 4 is 11.6 Å². The van der Waals surface area contributed by atoms with Gasteiger partial charge in [-0.15, -0.1) is 0 Å². The Labute approximate surface area is 184 Å². The molecule has 170 valence electrons. The van der Waals surface area contributed by atoms with E-state index in [1.807, 2.05) is 6.07 Å². The molecule has 4 rings (SSSR count). The molecule has 0 radical (unpaired) electrons. The second-order valence-corrected chi connectivity index (χ2v) is 8.10. The molecule has 0 spiro atoms. The number of nitrogens with one attached hydrogen (secondary N) is 1. The van der Waals surface area contributed by atoms with Crippen LogP contribution in [0.1, 0.15) is 51.7 Å². The molecule has 0 saturated carbocycles. The second kappa shape index (κ2) is 8.82. The van der Waals surface area contributed by atoms with Crippen LogP contribution in [0.3, 0.4) is 0 Å². The van der Waals surface area contributed by atoms with Crippen molar-refractivity contribution in [2.45, 2.75) is 46.0 Å². The smallest absolute Gasteiger partial charge is 0.416 e. The molecule has 3 heterocycles. The Morgan fingerprint density at radius 2 is 1.88 bits per heavy atom. The SMILES string of the molecule is Cc1nn(Cc2cccc(C(F)(F)F)c2)c(C)c1NC(=O)c1ccc(CN2CCCC2)o1. The van der Waals surface area contributed by atoms with Crippen molar-refractivity contribution in [1.29, 1.82) is 0 Å². The first-order valence-corrected chi connectivity index (χ1v) is 10.5. The number of amides is 1. The second-order valence-electron chi connectivity index (χ2n) is 8.10. The molecule has 1 saturated heterocycles. The van der Waals surface area contributed by atoms with Gasteiger partial charge in [0.1, 0.15) is 5.76 Å². The van der Waals surface area contributed by atoms with E-state index < -0.39 is 11.7 Å². The van der Waals surface area contributed by atoms with Crippen LogP contribution in [0.15, 0.2) is 40.8 Å². The fourth-order valence-corrected chi connectivity index (χ4v) is 3.97. The van der Waals surface area contributed by atoms with Crippen molar-refractivity contribution in [2.75, 3.05) is 18.4 Å². The zero-order valence-electron chi connectivity index (χ0n) is 18.0. The Hall–Kier alpha value is -3.07. The zero-order valence-corrected chi connectivity index (χ0v) is 18.0. The van der Waals surface area contributed by atoms with Gasteiger partial charge in [0.15, 0.2) is 5.76 Å². The minimum atomic E-state index is -4.40. The molecule has 1 aliphatic rings. The number of hydrogen-bond donors (Lipinski definition) is 1. The van der Waals surface area contributed by atoms with Crippen molar-refractivity contribution in [3.8, 4) is 0 Å². The molecular formula is C23H25F3N4O2. The number of hydrogen-bond acceptors (Lipinski definition) is 4. The normalized spacial score (nSPS) is 14.8. The summed E-state index contributed by atoms with van der Waals surface area (Å²) in [4.78, 5) is 15.0. The summed E-state index contributed by atoms with van der Waals surface area (Å²) < 4.78 is 46.3. The summed E-state index contributed by atoms with van der Waals surface area (Å²) in [6, 6.07) is 8.61. The van der Waals surface area contributed by atoms with E-state index in [2.05, 4.69) is 15.3 Å². The van der Waals surface area contributed by atoms with Gasteiger partial charge in [-0.25, -0.2) is 0 Å². The Morgan fingerprint density at radius 1 is 1.12 bits per heavy atom.